The quantitative estimate of drug-likeness (QED) is 0.633. The van der Waals surface area contributed by atoms with Gasteiger partial charge in [0.05, 0.1) is 12.7 Å². The van der Waals surface area contributed by atoms with Crippen LogP contribution in [0.5, 0.6) is 5.88 Å². The van der Waals surface area contributed by atoms with Gasteiger partial charge in [-0.05, 0) is 27.2 Å². The molecule has 0 unspecified atom stereocenters. The molecular formula is C15H27N3O3. The number of nitrogens with one attached hydrogen (secondary N) is 1. The van der Waals surface area contributed by atoms with E-state index in [1.54, 1.807) is 6.07 Å². The lowest BCUT2D eigenvalue weighted by molar-refractivity contribution is 0.0540. The van der Waals surface area contributed by atoms with Crippen LogP contribution in [0.3, 0.4) is 0 Å². The summed E-state index contributed by atoms with van der Waals surface area (Å²) < 4.78 is 16.4. The number of ether oxygens (including phenoxy) is 3. The molecule has 0 aliphatic rings. The van der Waals surface area contributed by atoms with Gasteiger partial charge in [0.2, 0.25) is 5.88 Å². The standard InChI is InChI=1S/C15H27N3O3/c1-5-7-16-13-10-15(21-9-8-20-12(3)4)18-14(17-13)11-19-6-2/h10,12H,5-9,11H2,1-4H3,(H,16,17,18). The zero-order valence-corrected chi connectivity index (χ0v) is 13.5. The Morgan fingerprint density at radius 1 is 1.19 bits per heavy atom. The van der Waals surface area contributed by atoms with Gasteiger partial charge >= 0.3 is 0 Å². The van der Waals surface area contributed by atoms with E-state index >= 15 is 0 Å². The third-order valence-electron chi connectivity index (χ3n) is 2.52. The molecule has 1 heterocycles. The minimum absolute atomic E-state index is 0.203. The van der Waals surface area contributed by atoms with Gasteiger partial charge < -0.3 is 19.5 Å². The normalized spacial score (nSPS) is 10.9. The lowest BCUT2D eigenvalue weighted by Gasteiger charge is -2.11. The SMILES string of the molecule is CCCNc1cc(OCCOC(C)C)nc(COCC)n1. The van der Waals surface area contributed by atoms with Crippen LogP contribution in [0.4, 0.5) is 5.82 Å². The van der Waals surface area contributed by atoms with Crippen LogP contribution in [-0.4, -0.2) is 42.4 Å². The van der Waals surface area contributed by atoms with Crippen molar-refractivity contribution >= 4 is 5.82 Å². The van der Waals surface area contributed by atoms with E-state index in [0.29, 0.717) is 38.1 Å². The molecule has 0 amide bonds. The van der Waals surface area contributed by atoms with Gasteiger partial charge in [-0.1, -0.05) is 6.92 Å². The maximum absolute atomic E-state index is 5.63. The molecule has 0 aliphatic carbocycles. The molecule has 1 aromatic heterocycles. The lowest BCUT2D eigenvalue weighted by Crippen LogP contribution is -2.13. The highest BCUT2D eigenvalue weighted by molar-refractivity contribution is 5.38. The van der Waals surface area contributed by atoms with Crippen LogP contribution in [0.2, 0.25) is 0 Å². The zero-order valence-electron chi connectivity index (χ0n) is 13.5. The summed E-state index contributed by atoms with van der Waals surface area (Å²) >= 11 is 0. The van der Waals surface area contributed by atoms with Crippen LogP contribution in [-0.2, 0) is 16.1 Å². The third-order valence-corrected chi connectivity index (χ3v) is 2.52. The summed E-state index contributed by atoms with van der Waals surface area (Å²) in [6, 6.07) is 1.81. The van der Waals surface area contributed by atoms with Gasteiger partial charge in [0.25, 0.3) is 0 Å². The molecular weight excluding hydrogens is 270 g/mol. The fourth-order valence-corrected chi connectivity index (χ4v) is 1.58. The number of hydrogen-bond donors (Lipinski definition) is 1. The number of nitrogens with zero attached hydrogens (tertiary/aromatic N) is 2. The molecule has 1 rings (SSSR count). The summed E-state index contributed by atoms with van der Waals surface area (Å²) in [7, 11) is 0. The van der Waals surface area contributed by atoms with E-state index in [4.69, 9.17) is 14.2 Å². The van der Waals surface area contributed by atoms with Crippen molar-refractivity contribution in [3.05, 3.63) is 11.9 Å². The van der Waals surface area contributed by atoms with Crippen LogP contribution in [0.25, 0.3) is 0 Å². The molecule has 21 heavy (non-hydrogen) atoms. The maximum atomic E-state index is 5.63. The van der Waals surface area contributed by atoms with E-state index in [0.717, 1.165) is 18.8 Å². The molecule has 0 bridgehead atoms. The Morgan fingerprint density at radius 2 is 2.00 bits per heavy atom. The summed E-state index contributed by atoms with van der Waals surface area (Å²) in [6.45, 7) is 10.9. The third kappa shape index (κ3) is 7.82. The molecule has 6 nitrogen and oxygen atoms in total. The van der Waals surface area contributed by atoms with Gasteiger partial charge in [0.15, 0.2) is 5.82 Å². The van der Waals surface area contributed by atoms with Crippen molar-refractivity contribution in [2.24, 2.45) is 0 Å². The first kappa shape index (κ1) is 17.7. The van der Waals surface area contributed by atoms with E-state index in [2.05, 4.69) is 22.2 Å². The number of rotatable bonds is 11. The van der Waals surface area contributed by atoms with Gasteiger partial charge in [-0.15, -0.1) is 0 Å². The minimum Gasteiger partial charge on any atom is -0.475 e. The smallest absolute Gasteiger partial charge is 0.218 e. The Hall–Kier alpha value is -1.40. The van der Waals surface area contributed by atoms with Crippen LogP contribution < -0.4 is 10.1 Å². The van der Waals surface area contributed by atoms with E-state index in [1.165, 1.54) is 0 Å². The van der Waals surface area contributed by atoms with Crippen molar-refractivity contribution in [2.45, 2.75) is 46.8 Å². The van der Waals surface area contributed by atoms with E-state index in [-0.39, 0.29) is 6.10 Å². The van der Waals surface area contributed by atoms with Gasteiger partial charge in [-0.3, -0.25) is 0 Å². The van der Waals surface area contributed by atoms with Crippen LogP contribution in [0.15, 0.2) is 6.07 Å². The van der Waals surface area contributed by atoms with Crippen molar-refractivity contribution in [1.82, 2.24) is 9.97 Å². The molecule has 0 radical (unpaired) electrons. The first-order valence-corrected chi connectivity index (χ1v) is 7.59. The largest absolute Gasteiger partial charge is 0.475 e. The molecule has 0 atom stereocenters. The Balaban J connectivity index is 2.61. The van der Waals surface area contributed by atoms with E-state index in [1.807, 2.05) is 20.8 Å². The molecule has 0 saturated heterocycles. The fourth-order valence-electron chi connectivity index (χ4n) is 1.58. The highest BCUT2D eigenvalue weighted by atomic mass is 16.5. The maximum Gasteiger partial charge on any atom is 0.218 e. The monoisotopic (exact) mass is 297 g/mol. The summed E-state index contributed by atoms with van der Waals surface area (Å²) in [5, 5.41) is 3.24. The zero-order chi connectivity index (χ0) is 15.5. The topological polar surface area (TPSA) is 65.5 Å². The molecule has 120 valence electrons. The molecule has 0 fully saturated rings. The van der Waals surface area contributed by atoms with Crippen LogP contribution in [0, 0.1) is 0 Å². The summed E-state index contributed by atoms with van der Waals surface area (Å²) in [6.07, 6.45) is 1.23. The lowest BCUT2D eigenvalue weighted by atomic mass is 10.4. The highest BCUT2D eigenvalue weighted by Crippen LogP contribution is 2.14. The molecule has 0 saturated carbocycles. The Kier molecular flexibility index (Phi) is 8.69. The number of anilines is 1. The van der Waals surface area contributed by atoms with E-state index in [9.17, 15) is 0 Å². The predicted molar refractivity (Wildman–Crippen MR) is 82.7 cm³/mol. The average molecular weight is 297 g/mol. The second kappa shape index (κ2) is 10.3. The second-order valence-electron chi connectivity index (χ2n) is 4.84. The van der Waals surface area contributed by atoms with Gasteiger partial charge in [0.1, 0.15) is 19.0 Å². The van der Waals surface area contributed by atoms with Crippen molar-refractivity contribution < 1.29 is 14.2 Å². The Labute approximate surface area is 127 Å². The van der Waals surface area contributed by atoms with Crippen molar-refractivity contribution in [2.75, 3.05) is 31.7 Å². The molecule has 0 aliphatic heterocycles. The Bertz CT molecular complexity index is 374. The van der Waals surface area contributed by atoms with Gasteiger partial charge in [-0.2, -0.15) is 4.98 Å². The number of hydrogen-bond acceptors (Lipinski definition) is 6. The second-order valence-corrected chi connectivity index (χ2v) is 4.84. The highest BCUT2D eigenvalue weighted by Gasteiger charge is 2.06. The first-order valence-electron chi connectivity index (χ1n) is 7.59. The van der Waals surface area contributed by atoms with Gasteiger partial charge in [0, 0.05) is 19.2 Å². The average Bonchev–Trinajstić information content (AvgIpc) is 2.47. The summed E-state index contributed by atoms with van der Waals surface area (Å²) in [5.74, 6) is 1.93. The molecule has 1 aromatic rings. The van der Waals surface area contributed by atoms with E-state index < -0.39 is 0 Å². The fraction of sp³-hybridized carbons (Fsp3) is 0.733. The molecule has 0 aromatic carbocycles. The van der Waals surface area contributed by atoms with Crippen LogP contribution >= 0.6 is 0 Å². The first-order chi connectivity index (χ1) is 10.2. The van der Waals surface area contributed by atoms with Crippen LogP contribution in [0.1, 0.15) is 39.9 Å². The van der Waals surface area contributed by atoms with Gasteiger partial charge in [-0.25, -0.2) is 4.98 Å². The minimum atomic E-state index is 0.203. The molecule has 0 spiro atoms. The predicted octanol–water partition coefficient (Wildman–Crippen LogP) is 2.64. The summed E-state index contributed by atoms with van der Waals surface area (Å²) in [5.41, 5.74) is 0. The molecule has 6 heteroatoms. The van der Waals surface area contributed by atoms with Crippen molar-refractivity contribution in [3.63, 3.8) is 0 Å². The Morgan fingerprint density at radius 3 is 2.67 bits per heavy atom. The summed E-state index contributed by atoms with van der Waals surface area (Å²) in [4.78, 5) is 8.75. The van der Waals surface area contributed by atoms with Crippen molar-refractivity contribution in [3.8, 4) is 5.88 Å². The van der Waals surface area contributed by atoms with Crippen molar-refractivity contribution in [1.29, 1.82) is 0 Å². The number of aromatic nitrogens is 2. The molecule has 1 N–H and O–H groups in total.